The molecule has 1 heterocycles. The Hall–Kier alpha value is -1.95. The Morgan fingerprint density at radius 1 is 1.36 bits per heavy atom. The molecule has 1 aliphatic rings. The lowest BCUT2D eigenvalue weighted by Crippen LogP contribution is -2.42. The largest absolute Gasteiger partial charge is 0.489 e. The van der Waals surface area contributed by atoms with E-state index in [9.17, 15) is 4.79 Å². The van der Waals surface area contributed by atoms with Crippen LogP contribution in [0.15, 0.2) is 29.3 Å². The molecule has 0 spiro atoms. The molecule has 0 aliphatic carbocycles. The molecule has 0 saturated carbocycles. The average molecular weight is 367 g/mol. The Morgan fingerprint density at radius 2 is 2.12 bits per heavy atom. The second-order valence-corrected chi connectivity index (χ2v) is 6.49. The van der Waals surface area contributed by atoms with E-state index < -0.39 is 0 Å². The van der Waals surface area contributed by atoms with Gasteiger partial charge in [0.05, 0.1) is 6.54 Å². The van der Waals surface area contributed by atoms with Crippen molar-refractivity contribution >= 4 is 23.5 Å². The number of benzene rings is 1. The fourth-order valence-electron chi connectivity index (χ4n) is 2.61. The van der Waals surface area contributed by atoms with Gasteiger partial charge in [-0.2, -0.15) is 0 Å². The summed E-state index contributed by atoms with van der Waals surface area (Å²) in [6.07, 6.45) is 2.11. The van der Waals surface area contributed by atoms with Crippen molar-refractivity contribution in [2.24, 2.45) is 4.99 Å². The lowest BCUT2D eigenvalue weighted by atomic mass is 10.3. The van der Waals surface area contributed by atoms with Crippen LogP contribution in [-0.4, -0.2) is 55.6 Å². The Morgan fingerprint density at radius 3 is 2.80 bits per heavy atom. The van der Waals surface area contributed by atoms with Gasteiger partial charge in [-0.3, -0.25) is 4.79 Å². The molecule has 1 fully saturated rings. The summed E-state index contributed by atoms with van der Waals surface area (Å²) in [7, 11) is 0. The molecule has 2 rings (SSSR count). The quantitative estimate of drug-likeness (QED) is 0.574. The zero-order valence-electron chi connectivity index (χ0n) is 14.9. The van der Waals surface area contributed by atoms with Gasteiger partial charge in [0.25, 0.3) is 0 Å². The summed E-state index contributed by atoms with van der Waals surface area (Å²) in [5, 5.41) is 7.01. The molecule has 1 atom stereocenters. The molecule has 6 nitrogen and oxygen atoms in total. The van der Waals surface area contributed by atoms with Crippen LogP contribution in [0.25, 0.3) is 0 Å². The average Bonchev–Trinajstić information content (AvgIpc) is 3.12. The number of rotatable bonds is 7. The summed E-state index contributed by atoms with van der Waals surface area (Å²) in [5.41, 5.74) is 0. The van der Waals surface area contributed by atoms with E-state index in [4.69, 9.17) is 16.3 Å². The third kappa shape index (κ3) is 6.82. The number of ether oxygens (including phenoxy) is 1. The number of carbonyl (C=O) groups excluding carboxylic acids is 1. The molecule has 7 heteroatoms. The Bertz CT molecular complexity index is 588. The third-order valence-electron chi connectivity index (χ3n) is 3.87. The van der Waals surface area contributed by atoms with Crippen molar-refractivity contribution in [1.82, 2.24) is 15.5 Å². The number of guanidine groups is 1. The van der Waals surface area contributed by atoms with Crippen molar-refractivity contribution in [1.29, 1.82) is 0 Å². The van der Waals surface area contributed by atoms with Gasteiger partial charge in [-0.05, 0) is 44.9 Å². The van der Waals surface area contributed by atoms with Crippen molar-refractivity contribution in [2.45, 2.75) is 32.8 Å². The van der Waals surface area contributed by atoms with Crippen molar-refractivity contribution in [3.8, 4) is 5.75 Å². The maximum absolute atomic E-state index is 12.1. The fraction of sp³-hybridized carbons (Fsp3) is 0.556. The minimum Gasteiger partial charge on any atom is -0.489 e. The van der Waals surface area contributed by atoms with E-state index in [1.807, 2.05) is 36.9 Å². The van der Waals surface area contributed by atoms with Crippen LogP contribution in [0.3, 0.4) is 0 Å². The van der Waals surface area contributed by atoms with Gasteiger partial charge in [-0.15, -0.1) is 0 Å². The first-order valence-corrected chi connectivity index (χ1v) is 9.18. The number of amides is 1. The first-order chi connectivity index (χ1) is 12.1. The number of halogens is 1. The number of carbonyl (C=O) groups is 1. The highest BCUT2D eigenvalue weighted by Gasteiger charge is 2.17. The lowest BCUT2D eigenvalue weighted by Gasteiger charge is -2.18. The van der Waals surface area contributed by atoms with Gasteiger partial charge < -0.3 is 20.3 Å². The predicted molar refractivity (Wildman–Crippen MR) is 101 cm³/mol. The molecule has 1 aromatic rings. The molecular formula is C18H27ClN4O2. The molecular weight excluding hydrogens is 340 g/mol. The van der Waals surface area contributed by atoms with E-state index in [2.05, 4.69) is 15.6 Å². The van der Waals surface area contributed by atoms with Gasteiger partial charge in [0, 0.05) is 24.7 Å². The summed E-state index contributed by atoms with van der Waals surface area (Å²) >= 11 is 5.96. The highest BCUT2D eigenvalue weighted by molar-refractivity contribution is 6.30. The number of aliphatic imine (C=N–C) groups is 1. The van der Waals surface area contributed by atoms with E-state index in [0.717, 1.165) is 38.2 Å². The van der Waals surface area contributed by atoms with E-state index >= 15 is 0 Å². The topological polar surface area (TPSA) is 66.0 Å². The van der Waals surface area contributed by atoms with Crippen LogP contribution in [0.2, 0.25) is 5.02 Å². The second-order valence-electron chi connectivity index (χ2n) is 6.05. The second kappa shape index (κ2) is 10.1. The molecule has 1 amide bonds. The van der Waals surface area contributed by atoms with E-state index in [1.165, 1.54) is 0 Å². The monoisotopic (exact) mass is 366 g/mol. The molecule has 0 bridgehead atoms. The Balaban J connectivity index is 1.81. The SMILES string of the molecule is CCNC(=NCC(=O)N1CCCC1)NCC(C)Oc1cccc(Cl)c1. The standard InChI is InChI=1S/C18H27ClN4O2/c1-3-20-18(22-13-17(24)23-9-4-5-10-23)21-12-14(2)25-16-8-6-7-15(19)11-16/h6-8,11,14H,3-5,9-10,12-13H2,1-2H3,(H2,20,21,22). The van der Waals surface area contributed by atoms with Gasteiger partial charge in [0.2, 0.25) is 5.91 Å². The number of nitrogens with zero attached hydrogens (tertiary/aromatic N) is 2. The fourth-order valence-corrected chi connectivity index (χ4v) is 2.79. The van der Waals surface area contributed by atoms with E-state index in [-0.39, 0.29) is 18.6 Å². The van der Waals surface area contributed by atoms with Crippen molar-refractivity contribution in [3.05, 3.63) is 29.3 Å². The maximum Gasteiger partial charge on any atom is 0.244 e. The summed E-state index contributed by atoms with van der Waals surface area (Å²) in [6.45, 7) is 7.12. The van der Waals surface area contributed by atoms with Crippen LogP contribution < -0.4 is 15.4 Å². The van der Waals surface area contributed by atoms with Crippen molar-refractivity contribution in [3.63, 3.8) is 0 Å². The van der Waals surface area contributed by atoms with Gasteiger partial charge in [0.1, 0.15) is 18.4 Å². The summed E-state index contributed by atoms with van der Waals surface area (Å²) in [4.78, 5) is 18.3. The Kier molecular flexibility index (Phi) is 7.85. The van der Waals surface area contributed by atoms with E-state index in [1.54, 1.807) is 6.07 Å². The normalized spacial score (nSPS) is 15.8. The molecule has 1 aliphatic heterocycles. The van der Waals surface area contributed by atoms with E-state index in [0.29, 0.717) is 17.5 Å². The summed E-state index contributed by atoms with van der Waals surface area (Å²) in [5.74, 6) is 1.43. The molecule has 0 radical (unpaired) electrons. The molecule has 138 valence electrons. The van der Waals surface area contributed by atoms with Gasteiger partial charge in [0.15, 0.2) is 5.96 Å². The van der Waals surface area contributed by atoms with Crippen LogP contribution in [0.4, 0.5) is 0 Å². The molecule has 1 unspecified atom stereocenters. The number of likely N-dealkylation sites (tertiary alicyclic amines) is 1. The number of hydrogen-bond donors (Lipinski definition) is 2. The first kappa shape index (κ1) is 19.4. The number of hydrogen-bond acceptors (Lipinski definition) is 3. The molecule has 1 aromatic carbocycles. The molecule has 0 aromatic heterocycles. The van der Waals surface area contributed by atoms with Gasteiger partial charge in [-0.25, -0.2) is 4.99 Å². The molecule has 2 N–H and O–H groups in total. The zero-order valence-corrected chi connectivity index (χ0v) is 15.7. The predicted octanol–water partition coefficient (Wildman–Crippen LogP) is 2.28. The van der Waals surface area contributed by atoms with Crippen molar-refractivity contribution < 1.29 is 9.53 Å². The summed E-state index contributed by atoms with van der Waals surface area (Å²) < 4.78 is 5.83. The highest BCUT2D eigenvalue weighted by Crippen LogP contribution is 2.18. The molecule has 1 saturated heterocycles. The van der Waals surface area contributed by atoms with Crippen LogP contribution >= 0.6 is 11.6 Å². The minimum absolute atomic E-state index is 0.0726. The first-order valence-electron chi connectivity index (χ1n) is 8.80. The third-order valence-corrected chi connectivity index (χ3v) is 4.10. The van der Waals surface area contributed by atoms with Crippen LogP contribution in [0.1, 0.15) is 26.7 Å². The Labute approximate surface area is 154 Å². The maximum atomic E-state index is 12.1. The van der Waals surface area contributed by atoms with Gasteiger partial charge in [-0.1, -0.05) is 17.7 Å². The van der Waals surface area contributed by atoms with Crippen LogP contribution in [0.5, 0.6) is 5.75 Å². The minimum atomic E-state index is -0.0726. The highest BCUT2D eigenvalue weighted by atomic mass is 35.5. The molecule has 25 heavy (non-hydrogen) atoms. The smallest absolute Gasteiger partial charge is 0.244 e. The van der Waals surface area contributed by atoms with Gasteiger partial charge >= 0.3 is 0 Å². The van der Waals surface area contributed by atoms with Crippen LogP contribution in [-0.2, 0) is 4.79 Å². The zero-order chi connectivity index (χ0) is 18.1. The van der Waals surface area contributed by atoms with Crippen molar-refractivity contribution in [2.75, 3.05) is 32.7 Å². The lowest BCUT2D eigenvalue weighted by molar-refractivity contribution is -0.128. The van der Waals surface area contributed by atoms with Crippen LogP contribution in [0, 0.1) is 0 Å². The number of nitrogens with one attached hydrogen (secondary N) is 2. The summed E-state index contributed by atoms with van der Waals surface area (Å²) in [6, 6.07) is 7.32.